The van der Waals surface area contributed by atoms with Crippen molar-refractivity contribution in [3.05, 3.63) is 27.1 Å². The molecule has 2 N–H and O–H groups in total. The minimum absolute atomic E-state index is 0.0615. The fourth-order valence-electron chi connectivity index (χ4n) is 1.30. The number of hydrogen-bond donors (Lipinski definition) is 2. The van der Waals surface area contributed by atoms with Gasteiger partial charge in [-0.3, -0.25) is 4.72 Å². The summed E-state index contributed by atoms with van der Waals surface area (Å²) in [5, 5.41) is 3.06. The Bertz CT molecular complexity index is 492. The van der Waals surface area contributed by atoms with Gasteiger partial charge in [-0.25, -0.2) is 8.42 Å². The summed E-state index contributed by atoms with van der Waals surface area (Å²) in [7, 11) is -3.32. The molecule has 0 fully saturated rings. The number of benzene rings is 1. The maximum atomic E-state index is 11.8. The van der Waals surface area contributed by atoms with Gasteiger partial charge in [0.2, 0.25) is 10.0 Å². The molecule has 0 aliphatic rings. The van der Waals surface area contributed by atoms with Crippen molar-refractivity contribution in [1.29, 1.82) is 0 Å². The molecule has 0 spiro atoms. The van der Waals surface area contributed by atoms with E-state index in [-0.39, 0.29) is 5.75 Å². The maximum Gasteiger partial charge on any atom is 0.234 e. The normalized spacial score (nSPS) is 11.5. The lowest BCUT2D eigenvalue weighted by atomic mass is 10.3. The molecule has 0 atom stereocenters. The van der Waals surface area contributed by atoms with Gasteiger partial charge in [0.1, 0.15) is 0 Å². The van der Waals surface area contributed by atoms with E-state index in [0.29, 0.717) is 12.2 Å². The molecule has 0 bridgehead atoms. The summed E-state index contributed by atoms with van der Waals surface area (Å²) < 4.78 is 27.8. The second kappa shape index (κ2) is 7.47. The molecule has 0 aliphatic heterocycles. The van der Waals surface area contributed by atoms with Crippen molar-refractivity contribution in [2.24, 2.45) is 0 Å². The van der Waals surface area contributed by atoms with E-state index in [9.17, 15) is 8.42 Å². The fraction of sp³-hybridized carbons (Fsp3) is 0.455. The van der Waals surface area contributed by atoms with E-state index < -0.39 is 10.0 Å². The van der Waals surface area contributed by atoms with Crippen molar-refractivity contribution < 1.29 is 8.42 Å². The largest absolute Gasteiger partial charge is 0.316 e. The molecule has 0 aliphatic carbocycles. The topological polar surface area (TPSA) is 58.2 Å². The molecule has 0 radical (unpaired) electrons. The first-order chi connectivity index (χ1) is 8.44. The SMILES string of the molecule is CCCNCCS(=O)(=O)Nc1cc(Br)ccc1Br. The Morgan fingerprint density at radius 1 is 1.22 bits per heavy atom. The third kappa shape index (κ3) is 5.69. The van der Waals surface area contributed by atoms with Crippen LogP contribution in [0.25, 0.3) is 0 Å². The average Bonchev–Trinajstić information content (AvgIpc) is 2.29. The molecule has 0 heterocycles. The van der Waals surface area contributed by atoms with E-state index in [2.05, 4.69) is 41.9 Å². The van der Waals surface area contributed by atoms with E-state index in [1.165, 1.54) is 0 Å². The van der Waals surface area contributed by atoms with Crippen LogP contribution in [-0.2, 0) is 10.0 Å². The summed E-state index contributed by atoms with van der Waals surface area (Å²) in [5.74, 6) is 0.0615. The van der Waals surface area contributed by atoms with Crippen LogP contribution in [0.1, 0.15) is 13.3 Å². The molecule has 1 aromatic rings. The Labute approximate surface area is 125 Å². The van der Waals surface area contributed by atoms with Gasteiger partial charge in [-0.15, -0.1) is 0 Å². The zero-order chi connectivity index (χ0) is 13.6. The summed E-state index contributed by atoms with van der Waals surface area (Å²) in [5.41, 5.74) is 0.542. The Morgan fingerprint density at radius 3 is 2.61 bits per heavy atom. The van der Waals surface area contributed by atoms with Gasteiger partial charge in [0.25, 0.3) is 0 Å². The van der Waals surface area contributed by atoms with E-state index in [1.54, 1.807) is 12.1 Å². The average molecular weight is 400 g/mol. The summed E-state index contributed by atoms with van der Waals surface area (Å²) in [6.45, 7) is 3.32. The van der Waals surface area contributed by atoms with E-state index >= 15 is 0 Å². The second-order valence-electron chi connectivity index (χ2n) is 3.80. The number of halogens is 2. The van der Waals surface area contributed by atoms with Gasteiger partial charge >= 0.3 is 0 Å². The van der Waals surface area contributed by atoms with Gasteiger partial charge in [-0.2, -0.15) is 0 Å². The van der Waals surface area contributed by atoms with Crippen LogP contribution >= 0.6 is 31.9 Å². The first kappa shape index (κ1) is 15.9. The zero-order valence-corrected chi connectivity index (χ0v) is 14.0. The lowest BCUT2D eigenvalue weighted by Gasteiger charge is -2.10. The van der Waals surface area contributed by atoms with Crippen LogP contribution in [0, 0.1) is 0 Å². The van der Waals surface area contributed by atoms with Crippen LogP contribution in [0.2, 0.25) is 0 Å². The molecular weight excluding hydrogens is 384 g/mol. The number of sulfonamides is 1. The summed E-state index contributed by atoms with van der Waals surface area (Å²) in [6, 6.07) is 5.35. The van der Waals surface area contributed by atoms with Crippen molar-refractivity contribution >= 4 is 47.6 Å². The molecular formula is C11H16Br2N2O2S. The lowest BCUT2D eigenvalue weighted by molar-refractivity contribution is 0.595. The van der Waals surface area contributed by atoms with Gasteiger partial charge in [0.15, 0.2) is 0 Å². The van der Waals surface area contributed by atoms with Crippen molar-refractivity contribution in [2.75, 3.05) is 23.6 Å². The Hall–Kier alpha value is -0.110. The molecule has 7 heteroatoms. The van der Waals surface area contributed by atoms with Crippen molar-refractivity contribution in [3.63, 3.8) is 0 Å². The zero-order valence-electron chi connectivity index (χ0n) is 10.0. The Morgan fingerprint density at radius 2 is 1.94 bits per heavy atom. The monoisotopic (exact) mass is 398 g/mol. The molecule has 4 nitrogen and oxygen atoms in total. The predicted molar refractivity (Wildman–Crippen MR) is 82.4 cm³/mol. The third-order valence-electron chi connectivity index (χ3n) is 2.17. The summed E-state index contributed by atoms with van der Waals surface area (Å²) >= 11 is 6.62. The third-order valence-corrected chi connectivity index (χ3v) is 4.63. The number of nitrogens with one attached hydrogen (secondary N) is 2. The van der Waals surface area contributed by atoms with E-state index in [4.69, 9.17) is 0 Å². The van der Waals surface area contributed by atoms with Gasteiger partial charge < -0.3 is 5.32 Å². The molecule has 1 rings (SSSR count). The van der Waals surface area contributed by atoms with Crippen molar-refractivity contribution in [2.45, 2.75) is 13.3 Å². The minimum Gasteiger partial charge on any atom is -0.316 e. The highest BCUT2D eigenvalue weighted by Crippen LogP contribution is 2.26. The molecule has 18 heavy (non-hydrogen) atoms. The van der Waals surface area contributed by atoms with E-state index in [1.807, 2.05) is 13.0 Å². The first-order valence-electron chi connectivity index (χ1n) is 5.61. The van der Waals surface area contributed by atoms with Gasteiger partial charge in [0, 0.05) is 15.5 Å². The highest BCUT2D eigenvalue weighted by Gasteiger charge is 2.12. The number of hydrogen-bond acceptors (Lipinski definition) is 3. The Balaban J connectivity index is 2.62. The molecule has 0 saturated heterocycles. The lowest BCUT2D eigenvalue weighted by Crippen LogP contribution is -2.27. The highest BCUT2D eigenvalue weighted by molar-refractivity contribution is 9.11. The fourth-order valence-corrected chi connectivity index (χ4v) is 3.16. The van der Waals surface area contributed by atoms with Crippen molar-refractivity contribution in [3.8, 4) is 0 Å². The van der Waals surface area contributed by atoms with Crippen LogP contribution in [-0.4, -0.2) is 27.3 Å². The molecule has 1 aromatic carbocycles. The van der Waals surface area contributed by atoms with Crippen LogP contribution in [0.3, 0.4) is 0 Å². The summed E-state index contributed by atoms with van der Waals surface area (Å²) in [6.07, 6.45) is 0.991. The van der Waals surface area contributed by atoms with Gasteiger partial charge in [-0.05, 0) is 47.1 Å². The quantitative estimate of drug-likeness (QED) is 0.693. The van der Waals surface area contributed by atoms with Gasteiger partial charge in [-0.1, -0.05) is 22.9 Å². The van der Waals surface area contributed by atoms with E-state index in [0.717, 1.165) is 21.9 Å². The summed E-state index contributed by atoms with van der Waals surface area (Å²) in [4.78, 5) is 0. The van der Waals surface area contributed by atoms with Crippen LogP contribution in [0.4, 0.5) is 5.69 Å². The predicted octanol–water partition coefficient (Wildman–Crippen LogP) is 2.95. The number of anilines is 1. The molecule has 0 saturated carbocycles. The molecule has 102 valence electrons. The standard InChI is InChI=1S/C11H16Br2N2O2S/c1-2-5-14-6-7-18(16,17)15-11-8-9(12)3-4-10(11)13/h3-4,8,14-15H,2,5-7H2,1H3. The van der Waals surface area contributed by atoms with Crippen LogP contribution in [0.5, 0.6) is 0 Å². The van der Waals surface area contributed by atoms with Gasteiger partial charge in [0.05, 0.1) is 11.4 Å². The molecule has 0 amide bonds. The van der Waals surface area contributed by atoms with Crippen LogP contribution < -0.4 is 10.0 Å². The molecule has 0 aromatic heterocycles. The molecule has 0 unspecified atom stereocenters. The number of rotatable bonds is 7. The van der Waals surface area contributed by atoms with Crippen molar-refractivity contribution in [1.82, 2.24) is 5.32 Å². The first-order valence-corrected chi connectivity index (χ1v) is 8.84. The highest BCUT2D eigenvalue weighted by atomic mass is 79.9. The maximum absolute atomic E-state index is 11.8. The minimum atomic E-state index is -3.32. The Kier molecular flexibility index (Phi) is 6.62. The second-order valence-corrected chi connectivity index (χ2v) is 7.41. The smallest absolute Gasteiger partial charge is 0.234 e. The van der Waals surface area contributed by atoms with Crippen LogP contribution in [0.15, 0.2) is 27.1 Å².